The second-order valence-electron chi connectivity index (χ2n) is 4.99. The van der Waals surface area contributed by atoms with Crippen molar-refractivity contribution in [3.05, 3.63) is 57.6 Å². The summed E-state index contributed by atoms with van der Waals surface area (Å²) in [5, 5.41) is 6.15. The zero-order valence-corrected chi connectivity index (χ0v) is 14.0. The van der Waals surface area contributed by atoms with Crippen molar-refractivity contribution in [2.45, 2.75) is 20.8 Å². The summed E-state index contributed by atoms with van der Waals surface area (Å²) in [4.78, 5) is 12.2. The lowest BCUT2D eigenvalue weighted by Gasteiger charge is -2.10. The second kappa shape index (κ2) is 6.76. The van der Waals surface area contributed by atoms with E-state index in [4.69, 9.17) is 0 Å². The number of halogens is 1. The molecule has 0 aromatic heterocycles. The van der Waals surface area contributed by atoms with Gasteiger partial charge in [-0.25, -0.2) is 0 Å². The van der Waals surface area contributed by atoms with E-state index in [1.165, 1.54) is 0 Å². The Balaban J connectivity index is 2.14. The number of carbonyl (C=O) groups is 1. The van der Waals surface area contributed by atoms with E-state index in [2.05, 4.69) is 26.6 Å². The molecule has 0 spiro atoms. The highest BCUT2D eigenvalue weighted by Crippen LogP contribution is 2.25. The highest BCUT2D eigenvalue weighted by atomic mass is 79.9. The molecule has 0 aliphatic carbocycles. The van der Waals surface area contributed by atoms with Crippen LogP contribution in [0.3, 0.4) is 0 Å². The van der Waals surface area contributed by atoms with Gasteiger partial charge in [-0.1, -0.05) is 15.9 Å². The van der Waals surface area contributed by atoms with Crippen LogP contribution in [0.15, 0.2) is 40.9 Å². The van der Waals surface area contributed by atoms with Crippen molar-refractivity contribution < 1.29 is 4.79 Å². The Morgan fingerprint density at radius 3 is 2.14 bits per heavy atom. The lowest BCUT2D eigenvalue weighted by Crippen LogP contribution is -2.12. The van der Waals surface area contributed by atoms with Gasteiger partial charge in [-0.3, -0.25) is 4.79 Å². The minimum Gasteiger partial charge on any atom is -0.385 e. The quantitative estimate of drug-likeness (QED) is 0.838. The molecule has 1 amide bonds. The molecule has 0 unspecified atom stereocenters. The van der Waals surface area contributed by atoms with E-state index in [0.29, 0.717) is 5.56 Å². The largest absolute Gasteiger partial charge is 0.385 e. The van der Waals surface area contributed by atoms with Crippen LogP contribution in [0.25, 0.3) is 0 Å². The maximum atomic E-state index is 12.2. The van der Waals surface area contributed by atoms with E-state index in [1.54, 1.807) is 0 Å². The fraction of sp³-hybridized carbons (Fsp3) is 0.235. The number of hydrogen-bond acceptors (Lipinski definition) is 2. The number of rotatable bonds is 4. The Morgan fingerprint density at radius 2 is 1.62 bits per heavy atom. The van der Waals surface area contributed by atoms with Crippen molar-refractivity contribution in [1.82, 2.24) is 0 Å². The lowest BCUT2D eigenvalue weighted by molar-refractivity contribution is 0.102. The van der Waals surface area contributed by atoms with E-state index < -0.39 is 0 Å². The number of benzene rings is 2. The molecule has 0 heterocycles. The number of hydrogen-bond donors (Lipinski definition) is 2. The zero-order valence-electron chi connectivity index (χ0n) is 12.5. The molecule has 0 aliphatic heterocycles. The molecule has 3 nitrogen and oxygen atoms in total. The molecule has 2 rings (SSSR count). The number of nitrogens with one attached hydrogen (secondary N) is 2. The molecular formula is C17H19BrN2O. The molecule has 110 valence electrons. The maximum absolute atomic E-state index is 12.2. The van der Waals surface area contributed by atoms with Gasteiger partial charge < -0.3 is 10.6 Å². The maximum Gasteiger partial charge on any atom is 0.255 e. The first kappa shape index (κ1) is 15.6. The van der Waals surface area contributed by atoms with Gasteiger partial charge in [-0.2, -0.15) is 0 Å². The molecule has 2 aromatic rings. The SMILES string of the molecule is CCNc1ccc(C(=O)Nc2cc(C)c(Br)c(C)c2)cc1. The van der Waals surface area contributed by atoms with Gasteiger partial charge in [0.05, 0.1) is 0 Å². The topological polar surface area (TPSA) is 41.1 Å². The number of amides is 1. The molecule has 0 saturated carbocycles. The summed E-state index contributed by atoms with van der Waals surface area (Å²) >= 11 is 3.53. The summed E-state index contributed by atoms with van der Waals surface area (Å²) in [6, 6.07) is 11.4. The van der Waals surface area contributed by atoms with E-state index in [9.17, 15) is 4.79 Å². The second-order valence-corrected chi connectivity index (χ2v) is 5.78. The highest BCUT2D eigenvalue weighted by Gasteiger charge is 2.08. The van der Waals surface area contributed by atoms with Crippen LogP contribution in [0.5, 0.6) is 0 Å². The molecule has 0 fully saturated rings. The number of aryl methyl sites for hydroxylation is 2. The summed E-state index contributed by atoms with van der Waals surface area (Å²) in [5.74, 6) is -0.0980. The minimum atomic E-state index is -0.0980. The van der Waals surface area contributed by atoms with E-state index in [1.807, 2.05) is 57.2 Å². The van der Waals surface area contributed by atoms with Crippen molar-refractivity contribution in [2.75, 3.05) is 17.2 Å². The summed E-state index contributed by atoms with van der Waals surface area (Å²) in [7, 11) is 0. The van der Waals surface area contributed by atoms with E-state index in [0.717, 1.165) is 33.5 Å². The van der Waals surface area contributed by atoms with E-state index in [-0.39, 0.29) is 5.91 Å². The molecular weight excluding hydrogens is 328 g/mol. The first-order chi connectivity index (χ1) is 10.0. The molecule has 0 aliphatic rings. The van der Waals surface area contributed by atoms with E-state index >= 15 is 0 Å². The average molecular weight is 347 g/mol. The Hall–Kier alpha value is -1.81. The predicted octanol–water partition coefficient (Wildman–Crippen LogP) is 4.75. The Labute approximate surface area is 133 Å². The van der Waals surface area contributed by atoms with Gasteiger partial charge in [0.15, 0.2) is 0 Å². The molecule has 0 atom stereocenters. The van der Waals surface area contributed by atoms with Crippen LogP contribution in [-0.4, -0.2) is 12.5 Å². The van der Waals surface area contributed by atoms with Crippen LogP contribution in [0.1, 0.15) is 28.4 Å². The van der Waals surface area contributed by atoms with Gasteiger partial charge in [0, 0.05) is 28.0 Å². The number of carbonyl (C=O) groups excluding carboxylic acids is 1. The third-order valence-corrected chi connectivity index (χ3v) is 4.47. The minimum absolute atomic E-state index is 0.0980. The smallest absolute Gasteiger partial charge is 0.255 e. The molecule has 0 saturated heterocycles. The van der Waals surface area contributed by atoms with Crippen molar-refractivity contribution in [1.29, 1.82) is 0 Å². The van der Waals surface area contributed by atoms with Gasteiger partial charge in [-0.05, 0) is 68.3 Å². The Bertz CT molecular complexity index is 627. The first-order valence-electron chi connectivity index (χ1n) is 6.93. The van der Waals surface area contributed by atoms with Gasteiger partial charge >= 0.3 is 0 Å². The van der Waals surface area contributed by atoms with Gasteiger partial charge in [-0.15, -0.1) is 0 Å². The summed E-state index contributed by atoms with van der Waals surface area (Å²) in [6.45, 7) is 6.93. The zero-order chi connectivity index (χ0) is 15.4. The number of anilines is 2. The van der Waals surface area contributed by atoms with Crippen molar-refractivity contribution in [2.24, 2.45) is 0 Å². The van der Waals surface area contributed by atoms with Gasteiger partial charge in [0.2, 0.25) is 0 Å². The normalized spacial score (nSPS) is 10.3. The standard InChI is InChI=1S/C17H19BrN2O/c1-4-19-14-7-5-13(6-8-14)17(21)20-15-9-11(2)16(18)12(3)10-15/h5-10,19H,4H2,1-3H3,(H,20,21). The first-order valence-corrected chi connectivity index (χ1v) is 7.72. The molecule has 0 bridgehead atoms. The third kappa shape index (κ3) is 3.85. The monoisotopic (exact) mass is 346 g/mol. The Morgan fingerprint density at radius 1 is 1.05 bits per heavy atom. The Kier molecular flexibility index (Phi) is 5.02. The molecule has 0 radical (unpaired) electrons. The molecule has 2 N–H and O–H groups in total. The van der Waals surface area contributed by atoms with Crippen LogP contribution >= 0.6 is 15.9 Å². The summed E-state index contributed by atoms with van der Waals surface area (Å²) < 4.78 is 1.08. The van der Waals surface area contributed by atoms with Crippen LogP contribution in [-0.2, 0) is 0 Å². The van der Waals surface area contributed by atoms with Gasteiger partial charge in [0.1, 0.15) is 0 Å². The van der Waals surface area contributed by atoms with Crippen molar-refractivity contribution in [3.8, 4) is 0 Å². The predicted molar refractivity (Wildman–Crippen MR) is 92.2 cm³/mol. The third-order valence-electron chi connectivity index (χ3n) is 3.22. The summed E-state index contributed by atoms with van der Waals surface area (Å²) in [5.41, 5.74) is 4.69. The average Bonchev–Trinajstić information content (AvgIpc) is 2.45. The van der Waals surface area contributed by atoms with Crippen molar-refractivity contribution in [3.63, 3.8) is 0 Å². The summed E-state index contributed by atoms with van der Waals surface area (Å²) in [6.07, 6.45) is 0. The van der Waals surface area contributed by atoms with Gasteiger partial charge in [0.25, 0.3) is 5.91 Å². The van der Waals surface area contributed by atoms with Crippen LogP contribution in [0.2, 0.25) is 0 Å². The fourth-order valence-corrected chi connectivity index (χ4v) is 2.39. The van der Waals surface area contributed by atoms with Crippen LogP contribution < -0.4 is 10.6 Å². The van der Waals surface area contributed by atoms with Crippen LogP contribution in [0, 0.1) is 13.8 Å². The van der Waals surface area contributed by atoms with Crippen LogP contribution in [0.4, 0.5) is 11.4 Å². The highest BCUT2D eigenvalue weighted by molar-refractivity contribution is 9.10. The lowest BCUT2D eigenvalue weighted by atomic mass is 10.1. The van der Waals surface area contributed by atoms with Crippen molar-refractivity contribution >= 4 is 33.2 Å². The fourth-order valence-electron chi connectivity index (χ4n) is 2.16. The molecule has 2 aromatic carbocycles. The molecule has 21 heavy (non-hydrogen) atoms. The molecule has 4 heteroatoms.